The Morgan fingerprint density at radius 2 is 1.77 bits per heavy atom. The number of aromatic nitrogens is 1. The zero-order valence-electron chi connectivity index (χ0n) is 20.0. The molecule has 3 aromatic rings. The minimum absolute atomic E-state index is 0.0971. The second kappa shape index (κ2) is 11.2. The molecule has 1 N–H and O–H groups in total. The Hall–Kier alpha value is -3.63. The second-order valence-electron chi connectivity index (χ2n) is 7.97. The van der Waals surface area contributed by atoms with E-state index in [2.05, 4.69) is 4.98 Å². The van der Waals surface area contributed by atoms with Gasteiger partial charge in [-0.1, -0.05) is 18.2 Å². The van der Waals surface area contributed by atoms with Crippen LogP contribution < -0.4 is 13.2 Å². The maximum atomic E-state index is 13.2. The maximum Gasteiger partial charge on any atom is 0.411 e. The first kappa shape index (κ1) is 26.0. The highest BCUT2D eigenvalue weighted by Crippen LogP contribution is 2.35. The first-order chi connectivity index (χ1) is 16.6. The number of nitrogens with zero attached hydrogens (tertiary/aromatic N) is 2. The van der Waals surface area contributed by atoms with Gasteiger partial charge >= 0.3 is 16.3 Å². The van der Waals surface area contributed by atoms with Gasteiger partial charge < -0.3 is 18.8 Å². The van der Waals surface area contributed by atoms with Crippen molar-refractivity contribution in [3.8, 4) is 11.6 Å². The number of ether oxygens (including phenoxy) is 2. The van der Waals surface area contributed by atoms with Crippen molar-refractivity contribution in [3.63, 3.8) is 0 Å². The molecule has 35 heavy (non-hydrogen) atoms. The van der Waals surface area contributed by atoms with E-state index < -0.39 is 22.4 Å². The number of rotatable bonds is 10. The van der Waals surface area contributed by atoms with Gasteiger partial charge in [0.05, 0.1) is 31.0 Å². The number of aliphatic hydroxyl groups excluding tert-OH is 1. The third-order valence-corrected chi connectivity index (χ3v) is 6.41. The number of aryl methyl sites for hydroxylation is 2. The number of anilines is 1. The van der Waals surface area contributed by atoms with Gasteiger partial charge in [0, 0.05) is 12.3 Å². The SMILES string of the molecule is COC(=O)c1ccc(COc2cc(C)c(C)cc2N(CC(C)O)S(=O)(=O)Oc2ccccn2)cc1. The van der Waals surface area contributed by atoms with E-state index in [0.717, 1.165) is 21.0 Å². The lowest BCUT2D eigenvalue weighted by Crippen LogP contribution is -2.39. The van der Waals surface area contributed by atoms with Crippen molar-refractivity contribution in [1.82, 2.24) is 4.98 Å². The summed E-state index contributed by atoms with van der Waals surface area (Å²) in [5.74, 6) is -0.250. The van der Waals surface area contributed by atoms with E-state index in [1.165, 1.54) is 26.3 Å². The topological polar surface area (TPSA) is 115 Å². The molecule has 0 aliphatic heterocycles. The smallest absolute Gasteiger partial charge is 0.411 e. The van der Waals surface area contributed by atoms with Crippen molar-refractivity contribution in [2.24, 2.45) is 0 Å². The van der Waals surface area contributed by atoms with Crippen molar-refractivity contribution < 1.29 is 32.0 Å². The average molecular weight is 501 g/mol. The summed E-state index contributed by atoms with van der Waals surface area (Å²) >= 11 is 0. The molecule has 0 aliphatic carbocycles. The number of benzene rings is 2. The van der Waals surface area contributed by atoms with Gasteiger partial charge in [-0.15, -0.1) is 0 Å². The van der Waals surface area contributed by atoms with Crippen molar-refractivity contribution in [2.45, 2.75) is 33.5 Å². The zero-order chi connectivity index (χ0) is 25.6. The van der Waals surface area contributed by atoms with Crippen LogP contribution >= 0.6 is 0 Å². The van der Waals surface area contributed by atoms with E-state index in [-0.39, 0.29) is 24.7 Å². The number of aliphatic hydroxyl groups is 1. The van der Waals surface area contributed by atoms with Crippen LogP contribution in [0.1, 0.15) is 34.0 Å². The molecule has 9 nitrogen and oxygen atoms in total. The fraction of sp³-hybridized carbons (Fsp3) is 0.280. The summed E-state index contributed by atoms with van der Waals surface area (Å²) in [7, 11) is -3.09. The number of carbonyl (C=O) groups excluding carboxylic acids is 1. The van der Waals surface area contributed by atoms with Gasteiger partial charge in [0.1, 0.15) is 12.4 Å². The molecule has 0 saturated carbocycles. The van der Waals surface area contributed by atoms with Gasteiger partial charge in [0.15, 0.2) is 0 Å². The predicted octanol–water partition coefficient (Wildman–Crippen LogP) is 3.58. The van der Waals surface area contributed by atoms with Gasteiger partial charge in [-0.05, 0) is 67.8 Å². The monoisotopic (exact) mass is 500 g/mol. The van der Waals surface area contributed by atoms with Crippen molar-refractivity contribution in [2.75, 3.05) is 18.0 Å². The molecule has 3 rings (SSSR count). The van der Waals surface area contributed by atoms with E-state index in [1.807, 2.05) is 13.8 Å². The second-order valence-corrected chi connectivity index (χ2v) is 9.43. The fourth-order valence-electron chi connectivity index (χ4n) is 3.20. The Morgan fingerprint density at radius 3 is 2.37 bits per heavy atom. The molecule has 0 bridgehead atoms. The van der Waals surface area contributed by atoms with E-state index >= 15 is 0 Å². The summed E-state index contributed by atoms with van der Waals surface area (Å²) in [6, 6.07) is 14.8. The lowest BCUT2D eigenvalue weighted by atomic mass is 10.1. The highest BCUT2D eigenvalue weighted by Gasteiger charge is 2.30. The zero-order valence-corrected chi connectivity index (χ0v) is 20.8. The Bertz CT molecular complexity index is 1260. The molecule has 2 aromatic carbocycles. The summed E-state index contributed by atoms with van der Waals surface area (Å²) < 4.78 is 43.4. The molecule has 186 valence electrons. The quantitative estimate of drug-likeness (QED) is 0.420. The standard InChI is InChI=1S/C25H28N2O7S/c1-17-13-22(27(15-19(3)28)35(30,31)34-24-7-5-6-12-26-24)23(14-18(17)2)33-16-20-8-10-21(11-9-20)25(29)32-4/h5-14,19,28H,15-16H2,1-4H3. The molecule has 0 amide bonds. The number of hydrogen-bond donors (Lipinski definition) is 1. The van der Waals surface area contributed by atoms with Gasteiger partial charge in [-0.3, -0.25) is 0 Å². The number of carbonyl (C=O) groups is 1. The lowest BCUT2D eigenvalue weighted by molar-refractivity contribution is 0.0600. The molecule has 10 heteroatoms. The molecule has 0 radical (unpaired) electrons. The van der Waals surface area contributed by atoms with Gasteiger partial charge in [0.2, 0.25) is 5.88 Å². The molecular formula is C25H28N2O7S. The lowest BCUT2D eigenvalue weighted by Gasteiger charge is -2.27. The van der Waals surface area contributed by atoms with Crippen LogP contribution in [-0.2, 0) is 21.6 Å². The summed E-state index contributed by atoms with van der Waals surface area (Å²) in [6.45, 7) is 5.06. The molecule has 1 unspecified atom stereocenters. The van der Waals surface area contributed by atoms with Crippen LogP contribution in [0.15, 0.2) is 60.8 Å². The summed E-state index contributed by atoms with van der Waals surface area (Å²) in [5.41, 5.74) is 3.11. The van der Waals surface area contributed by atoms with E-state index in [4.69, 9.17) is 13.7 Å². The van der Waals surface area contributed by atoms with Gasteiger partial charge in [0.25, 0.3) is 0 Å². The van der Waals surface area contributed by atoms with Gasteiger partial charge in [-0.2, -0.15) is 8.42 Å². The van der Waals surface area contributed by atoms with Crippen LogP contribution in [0.4, 0.5) is 5.69 Å². The highest BCUT2D eigenvalue weighted by atomic mass is 32.2. The first-order valence-corrected chi connectivity index (χ1v) is 12.2. The molecule has 0 spiro atoms. The summed E-state index contributed by atoms with van der Waals surface area (Å²) in [4.78, 5) is 15.6. The molecule has 1 heterocycles. The molecule has 1 atom stereocenters. The largest absolute Gasteiger partial charge is 0.487 e. The predicted molar refractivity (Wildman–Crippen MR) is 131 cm³/mol. The van der Waals surface area contributed by atoms with Crippen molar-refractivity contribution in [1.29, 1.82) is 0 Å². The Balaban J connectivity index is 1.94. The highest BCUT2D eigenvalue weighted by molar-refractivity contribution is 7.88. The van der Waals surface area contributed by atoms with Gasteiger partial charge in [-0.25, -0.2) is 14.1 Å². The minimum atomic E-state index is -4.40. The molecule has 0 saturated heterocycles. The maximum absolute atomic E-state index is 13.2. The molecule has 0 aliphatic rings. The van der Waals surface area contributed by atoms with Crippen LogP contribution in [0.25, 0.3) is 0 Å². The van der Waals surface area contributed by atoms with E-state index in [1.54, 1.807) is 48.5 Å². The Labute approximate surface area is 205 Å². The normalized spacial score (nSPS) is 12.0. The van der Waals surface area contributed by atoms with E-state index in [9.17, 15) is 18.3 Å². The van der Waals surface area contributed by atoms with Crippen molar-refractivity contribution in [3.05, 3.63) is 83.0 Å². The molecule has 1 aromatic heterocycles. The number of methoxy groups -OCH3 is 1. The Kier molecular flexibility index (Phi) is 8.31. The van der Waals surface area contributed by atoms with Crippen LogP contribution in [0.2, 0.25) is 0 Å². The van der Waals surface area contributed by atoms with E-state index in [0.29, 0.717) is 11.3 Å². The third kappa shape index (κ3) is 6.71. The number of pyridine rings is 1. The average Bonchev–Trinajstić information content (AvgIpc) is 2.83. The minimum Gasteiger partial charge on any atom is -0.487 e. The first-order valence-electron chi connectivity index (χ1n) is 10.8. The van der Waals surface area contributed by atoms with Crippen LogP contribution in [-0.4, -0.2) is 44.2 Å². The fourth-order valence-corrected chi connectivity index (χ4v) is 4.39. The summed E-state index contributed by atoms with van der Waals surface area (Å²) in [6.07, 6.45) is 0.428. The number of esters is 1. The Morgan fingerprint density at radius 1 is 1.09 bits per heavy atom. The molecular weight excluding hydrogens is 472 g/mol. The van der Waals surface area contributed by atoms with Crippen LogP contribution in [0.3, 0.4) is 0 Å². The van der Waals surface area contributed by atoms with Crippen molar-refractivity contribution >= 4 is 22.0 Å². The number of hydrogen-bond acceptors (Lipinski definition) is 8. The third-order valence-electron chi connectivity index (χ3n) is 5.14. The van der Waals surface area contributed by atoms with Crippen LogP contribution in [0, 0.1) is 13.8 Å². The summed E-state index contributed by atoms with van der Waals surface area (Å²) in [5, 5.41) is 10.1. The molecule has 0 fully saturated rings. The van der Waals surface area contributed by atoms with Crippen LogP contribution in [0.5, 0.6) is 11.6 Å².